The van der Waals surface area contributed by atoms with Crippen molar-refractivity contribution in [3.63, 3.8) is 0 Å². The molecule has 0 fully saturated rings. The third-order valence-electron chi connectivity index (χ3n) is 3.70. The molecule has 0 atom stereocenters. The summed E-state index contributed by atoms with van der Waals surface area (Å²) in [6.45, 7) is -0.181. The molecule has 0 aliphatic rings. The lowest BCUT2D eigenvalue weighted by Crippen LogP contribution is -2.36. The molecule has 2 amide bonds. The van der Waals surface area contributed by atoms with Gasteiger partial charge in [-0.25, -0.2) is 13.8 Å². The Morgan fingerprint density at radius 1 is 1.00 bits per heavy atom. The normalized spacial score (nSPS) is 10.4. The second-order valence-corrected chi connectivity index (χ2v) is 5.73. The molecule has 3 aromatic rings. The summed E-state index contributed by atoms with van der Waals surface area (Å²) in [5, 5.41) is 4.90. The van der Waals surface area contributed by atoms with E-state index in [1.54, 1.807) is 6.20 Å². The monoisotopic (exact) mass is 370 g/mol. The van der Waals surface area contributed by atoms with Crippen LogP contribution in [0.1, 0.15) is 16.2 Å². The van der Waals surface area contributed by atoms with Gasteiger partial charge >= 0.3 is 0 Å². The summed E-state index contributed by atoms with van der Waals surface area (Å²) in [5.41, 5.74) is 1.59. The first-order valence-corrected chi connectivity index (χ1v) is 8.11. The van der Waals surface area contributed by atoms with Gasteiger partial charge in [-0.2, -0.15) is 0 Å². The number of carbonyl (C=O) groups excluding carboxylic acids is 2. The minimum atomic E-state index is -0.864. The van der Waals surface area contributed by atoms with Crippen LogP contribution in [0.25, 0.3) is 11.3 Å². The van der Waals surface area contributed by atoms with Crippen LogP contribution in [0.15, 0.2) is 54.7 Å². The fourth-order valence-corrected chi connectivity index (χ4v) is 2.41. The van der Waals surface area contributed by atoms with Crippen LogP contribution < -0.4 is 10.6 Å². The molecule has 6 nitrogen and oxygen atoms in total. The Morgan fingerprint density at radius 2 is 1.70 bits per heavy atom. The second-order valence-electron chi connectivity index (χ2n) is 5.73. The summed E-state index contributed by atoms with van der Waals surface area (Å²) >= 11 is 0. The van der Waals surface area contributed by atoms with Crippen molar-refractivity contribution in [2.24, 2.45) is 0 Å². The number of H-pyrrole nitrogens is 1. The smallest absolute Gasteiger partial charge is 0.251 e. The van der Waals surface area contributed by atoms with Gasteiger partial charge < -0.3 is 15.6 Å². The van der Waals surface area contributed by atoms with E-state index in [0.29, 0.717) is 11.9 Å². The maximum absolute atomic E-state index is 13.1. The third kappa shape index (κ3) is 4.97. The van der Waals surface area contributed by atoms with E-state index in [1.165, 1.54) is 0 Å². The van der Waals surface area contributed by atoms with Crippen LogP contribution in [0, 0.1) is 11.6 Å². The number of benzene rings is 2. The van der Waals surface area contributed by atoms with Gasteiger partial charge in [0, 0.05) is 11.6 Å². The second kappa shape index (κ2) is 8.22. The molecular weight excluding hydrogens is 354 g/mol. The van der Waals surface area contributed by atoms with E-state index in [9.17, 15) is 18.4 Å². The molecule has 0 radical (unpaired) electrons. The molecule has 138 valence electrons. The van der Waals surface area contributed by atoms with Gasteiger partial charge in [0.1, 0.15) is 17.5 Å². The Balaban J connectivity index is 1.49. The molecule has 2 aromatic carbocycles. The Kier molecular flexibility index (Phi) is 5.55. The van der Waals surface area contributed by atoms with Crippen LogP contribution in [0.5, 0.6) is 0 Å². The van der Waals surface area contributed by atoms with Crippen molar-refractivity contribution < 1.29 is 18.4 Å². The highest BCUT2D eigenvalue weighted by Crippen LogP contribution is 2.15. The van der Waals surface area contributed by atoms with Crippen LogP contribution >= 0.6 is 0 Å². The minimum absolute atomic E-state index is 0.149. The van der Waals surface area contributed by atoms with E-state index in [0.717, 1.165) is 23.4 Å². The zero-order valence-corrected chi connectivity index (χ0v) is 14.1. The van der Waals surface area contributed by atoms with E-state index in [-0.39, 0.29) is 18.7 Å². The van der Waals surface area contributed by atoms with E-state index >= 15 is 0 Å². The molecule has 0 bridgehead atoms. The average molecular weight is 370 g/mol. The standard InChI is InChI=1S/C19H16F2N4O2/c20-14-6-13(7-15(21)8-14)19(27)24-11-18(26)23-10-17-22-9-16(25-17)12-4-2-1-3-5-12/h1-9H,10-11H2,(H,22,25)(H,23,26)(H,24,27). The minimum Gasteiger partial charge on any atom is -0.347 e. The van der Waals surface area contributed by atoms with E-state index in [4.69, 9.17) is 0 Å². The zero-order chi connectivity index (χ0) is 19.2. The van der Waals surface area contributed by atoms with E-state index in [1.807, 2.05) is 30.3 Å². The molecule has 27 heavy (non-hydrogen) atoms. The van der Waals surface area contributed by atoms with Crippen molar-refractivity contribution >= 4 is 11.8 Å². The van der Waals surface area contributed by atoms with Gasteiger partial charge in [-0.15, -0.1) is 0 Å². The fraction of sp³-hybridized carbons (Fsp3) is 0.105. The summed E-state index contributed by atoms with van der Waals surface area (Å²) in [7, 11) is 0. The lowest BCUT2D eigenvalue weighted by molar-refractivity contribution is -0.120. The first kappa shape index (κ1) is 18.2. The van der Waals surface area contributed by atoms with Crippen molar-refractivity contribution in [2.45, 2.75) is 6.54 Å². The van der Waals surface area contributed by atoms with E-state index in [2.05, 4.69) is 20.6 Å². The molecule has 0 spiro atoms. The molecular formula is C19H16F2N4O2. The van der Waals surface area contributed by atoms with Crippen LogP contribution in [0.4, 0.5) is 8.78 Å². The number of nitrogens with one attached hydrogen (secondary N) is 3. The summed E-state index contributed by atoms with van der Waals surface area (Å²) in [4.78, 5) is 31.0. The molecule has 0 saturated heterocycles. The Hall–Kier alpha value is -3.55. The largest absolute Gasteiger partial charge is 0.347 e. The van der Waals surface area contributed by atoms with Gasteiger partial charge in [0.15, 0.2) is 0 Å². The lowest BCUT2D eigenvalue weighted by Gasteiger charge is -2.06. The van der Waals surface area contributed by atoms with Gasteiger partial charge in [-0.1, -0.05) is 30.3 Å². The summed E-state index contributed by atoms with van der Waals surface area (Å²) in [6, 6.07) is 12.0. The number of carbonyl (C=O) groups is 2. The predicted molar refractivity (Wildman–Crippen MR) is 94.6 cm³/mol. The number of halogens is 2. The lowest BCUT2D eigenvalue weighted by atomic mass is 10.2. The number of hydrogen-bond acceptors (Lipinski definition) is 3. The Labute approximate surface area is 153 Å². The highest BCUT2D eigenvalue weighted by Gasteiger charge is 2.11. The van der Waals surface area contributed by atoms with Gasteiger partial charge in [0.2, 0.25) is 5.91 Å². The number of hydrogen-bond donors (Lipinski definition) is 3. The third-order valence-corrected chi connectivity index (χ3v) is 3.70. The zero-order valence-electron chi connectivity index (χ0n) is 14.1. The van der Waals surface area contributed by atoms with Crippen LogP contribution in [0.3, 0.4) is 0 Å². The molecule has 0 aliphatic heterocycles. The quantitative estimate of drug-likeness (QED) is 0.623. The molecule has 1 aromatic heterocycles. The van der Waals surface area contributed by atoms with Gasteiger partial charge in [0.05, 0.1) is 25.0 Å². The first-order valence-electron chi connectivity index (χ1n) is 8.11. The fourth-order valence-electron chi connectivity index (χ4n) is 2.41. The van der Waals surface area contributed by atoms with Crippen LogP contribution in [-0.4, -0.2) is 28.3 Å². The molecule has 1 heterocycles. The average Bonchev–Trinajstić information content (AvgIpc) is 3.13. The van der Waals surface area contributed by atoms with Gasteiger partial charge in [0.25, 0.3) is 5.91 Å². The number of rotatable bonds is 6. The Bertz CT molecular complexity index is 937. The van der Waals surface area contributed by atoms with Gasteiger partial charge in [-0.05, 0) is 17.7 Å². The maximum Gasteiger partial charge on any atom is 0.251 e. The van der Waals surface area contributed by atoms with Crippen molar-refractivity contribution in [3.8, 4) is 11.3 Å². The number of imidazole rings is 1. The number of aromatic amines is 1. The Morgan fingerprint density at radius 3 is 2.41 bits per heavy atom. The molecule has 8 heteroatoms. The van der Waals surface area contributed by atoms with Crippen LogP contribution in [-0.2, 0) is 11.3 Å². The number of amides is 2. The van der Waals surface area contributed by atoms with Crippen molar-refractivity contribution in [1.82, 2.24) is 20.6 Å². The van der Waals surface area contributed by atoms with E-state index < -0.39 is 23.4 Å². The summed E-state index contributed by atoms with van der Waals surface area (Å²) in [5.74, 6) is -2.38. The van der Waals surface area contributed by atoms with Crippen molar-refractivity contribution in [1.29, 1.82) is 0 Å². The number of aromatic nitrogens is 2. The highest BCUT2D eigenvalue weighted by molar-refractivity contribution is 5.96. The first-order chi connectivity index (χ1) is 13.0. The summed E-state index contributed by atoms with van der Waals surface area (Å²) in [6.07, 6.45) is 1.66. The molecule has 3 rings (SSSR count). The molecule has 0 unspecified atom stereocenters. The summed E-state index contributed by atoms with van der Waals surface area (Å²) < 4.78 is 26.2. The predicted octanol–water partition coefficient (Wildman–Crippen LogP) is 2.40. The van der Waals surface area contributed by atoms with Crippen LogP contribution in [0.2, 0.25) is 0 Å². The van der Waals surface area contributed by atoms with Crippen molar-refractivity contribution in [3.05, 3.63) is 77.8 Å². The number of nitrogens with zero attached hydrogens (tertiary/aromatic N) is 1. The topological polar surface area (TPSA) is 86.9 Å². The maximum atomic E-state index is 13.1. The SMILES string of the molecule is O=C(CNC(=O)c1cc(F)cc(F)c1)NCc1ncc(-c2ccccc2)[nH]1. The highest BCUT2D eigenvalue weighted by atomic mass is 19.1. The molecule has 3 N–H and O–H groups in total. The molecule has 0 aliphatic carbocycles. The van der Waals surface area contributed by atoms with Crippen molar-refractivity contribution in [2.75, 3.05) is 6.54 Å². The molecule has 0 saturated carbocycles. The van der Waals surface area contributed by atoms with Gasteiger partial charge in [-0.3, -0.25) is 9.59 Å².